The van der Waals surface area contributed by atoms with Crippen molar-refractivity contribution in [3.63, 3.8) is 0 Å². The third-order valence-corrected chi connectivity index (χ3v) is 4.21. The summed E-state index contributed by atoms with van der Waals surface area (Å²) in [4.78, 5) is 24.7. The summed E-state index contributed by atoms with van der Waals surface area (Å²) in [5.41, 5.74) is -1.32. The van der Waals surface area contributed by atoms with Crippen molar-refractivity contribution in [2.45, 2.75) is 18.9 Å². The molecule has 116 valence electrons. The first-order chi connectivity index (χ1) is 10.4. The second-order valence-corrected chi connectivity index (χ2v) is 5.47. The van der Waals surface area contributed by atoms with Crippen molar-refractivity contribution in [1.82, 2.24) is 0 Å². The highest BCUT2D eigenvalue weighted by Crippen LogP contribution is 2.50. The number of carbonyl (C=O) groups excluding carboxylic acids is 2. The number of Topliss-reactive ketones (excluding diaryl/α,β-unsaturated/α-hetero) is 1. The maximum absolute atomic E-state index is 12.9. The zero-order chi connectivity index (χ0) is 16.1. The van der Waals surface area contributed by atoms with Crippen LogP contribution >= 0.6 is 0 Å². The Balaban J connectivity index is 2.19. The number of aromatic hydroxyl groups is 1. The van der Waals surface area contributed by atoms with Crippen LogP contribution in [0.5, 0.6) is 17.2 Å². The standard InChI is InChI=1S/C16H16O6/c1-8-4-9(17)5-13(21-3)16(8)15(19)14-11(18)6-10(20-2)7-12(14)22-16/h5-8,18H,4H2,1-3H3/t8-,16+/m0/s1. The van der Waals surface area contributed by atoms with E-state index in [-0.39, 0.29) is 35.0 Å². The number of carbonyl (C=O) groups is 2. The van der Waals surface area contributed by atoms with Gasteiger partial charge in [-0.2, -0.15) is 0 Å². The lowest BCUT2D eigenvalue weighted by molar-refractivity contribution is -0.118. The van der Waals surface area contributed by atoms with E-state index in [9.17, 15) is 14.7 Å². The minimum absolute atomic E-state index is 0.0879. The quantitative estimate of drug-likeness (QED) is 0.898. The summed E-state index contributed by atoms with van der Waals surface area (Å²) in [5, 5.41) is 10.1. The Morgan fingerprint density at radius 3 is 2.64 bits per heavy atom. The van der Waals surface area contributed by atoms with E-state index in [2.05, 4.69) is 0 Å². The molecule has 0 amide bonds. The van der Waals surface area contributed by atoms with Crippen molar-refractivity contribution in [2.75, 3.05) is 14.2 Å². The zero-order valence-corrected chi connectivity index (χ0v) is 12.5. The van der Waals surface area contributed by atoms with Crippen LogP contribution in [0.1, 0.15) is 23.7 Å². The van der Waals surface area contributed by atoms with Gasteiger partial charge in [-0.25, -0.2) is 0 Å². The fourth-order valence-corrected chi connectivity index (χ4v) is 3.11. The Morgan fingerprint density at radius 1 is 1.27 bits per heavy atom. The molecule has 1 heterocycles. The van der Waals surface area contributed by atoms with Crippen LogP contribution in [0.15, 0.2) is 24.0 Å². The van der Waals surface area contributed by atoms with Crippen molar-refractivity contribution in [3.8, 4) is 17.2 Å². The smallest absolute Gasteiger partial charge is 0.231 e. The van der Waals surface area contributed by atoms with E-state index in [1.165, 1.54) is 32.4 Å². The average Bonchev–Trinajstić information content (AvgIpc) is 2.77. The number of hydrogen-bond donors (Lipinski definition) is 1. The lowest BCUT2D eigenvalue weighted by atomic mass is 9.75. The van der Waals surface area contributed by atoms with E-state index in [0.29, 0.717) is 5.75 Å². The maximum atomic E-state index is 12.9. The number of ketones is 2. The van der Waals surface area contributed by atoms with Gasteiger partial charge in [0.15, 0.2) is 11.5 Å². The zero-order valence-electron chi connectivity index (χ0n) is 12.5. The Bertz CT molecular complexity index is 705. The minimum Gasteiger partial charge on any atom is -0.507 e. The highest BCUT2D eigenvalue weighted by Gasteiger charge is 2.59. The van der Waals surface area contributed by atoms with Gasteiger partial charge in [-0.15, -0.1) is 0 Å². The molecule has 6 heteroatoms. The molecule has 2 aliphatic rings. The van der Waals surface area contributed by atoms with Crippen LogP contribution in [0, 0.1) is 5.92 Å². The van der Waals surface area contributed by atoms with Crippen molar-refractivity contribution in [2.24, 2.45) is 5.92 Å². The fourth-order valence-electron chi connectivity index (χ4n) is 3.11. The predicted molar refractivity (Wildman–Crippen MR) is 76.2 cm³/mol. The molecule has 0 saturated carbocycles. The molecular formula is C16H16O6. The lowest BCUT2D eigenvalue weighted by Gasteiger charge is -2.36. The Kier molecular flexibility index (Phi) is 3.12. The molecule has 1 aromatic rings. The second-order valence-electron chi connectivity index (χ2n) is 5.47. The van der Waals surface area contributed by atoms with Crippen LogP contribution in [0.4, 0.5) is 0 Å². The maximum Gasteiger partial charge on any atom is 0.231 e. The van der Waals surface area contributed by atoms with E-state index >= 15 is 0 Å². The number of allylic oxidation sites excluding steroid dienone is 1. The third-order valence-electron chi connectivity index (χ3n) is 4.21. The van der Waals surface area contributed by atoms with Gasteiger partial charge in [0, 0.05) is 30.5 Å². The summed E-state index contributed by atoms with van der Waals surface area (Å²) in [6.07, 6.45) is 1.46. The monoisotopic (exact) mass is 304 g/mol. The Labute approximate surface area is 127 Å². The first-order valence-electron chi connectivity index (χ1n) is 6.87. The molecule has 1 N–H and O–H groups in total. The van der Waals surface area contributed by atoms with Gasteiger partial charge in [0.05, 0.1) is 14.2 Å². The van der Waals surface area contributed by atoms with Gasteiger partial charge in [0.25, 0.3) is 0 Å². The van der Waals surface area contributed by atoms with Crippen LogP contribution in [0.25, 0.3) is 0 Å². The van der Waals surface area contributed by atoms with Crippen molar-refractivity contribution >= 4 is 11.6 Å². The summed E-state index contributed by atoms with van der Waals surface area (Å²) in [7, 11) is 2.84. The number of hydrogen-bond acceptors (Lipinski definition) is 6. The van der Waals surface area contributed by atoms with E-state index in [0.717, 1.165) is 0 Å². The molecule has 0 unspecified atom stereocenters. The first-order valence-corrected chi connectivity index (χ1v) is 6.87. The normalized spacial score (nSPS) is 26.5. The van der Waals surface area contributed by atoms with Gasteiger partial charge >= 0.3 is 0 Å². The van der Waals surface area contributed by atoms with Gasteiger partial charge in [0.1, 0.15) is 22.8 Å². The third kappa shape index (κ3) is 1.73. The molecule has 22 heavy (non-hydrogen) atoms. The summed E-state index contributed by atoms with van der Waals surface area (Å²) < 4.78 is 16.2. The highest BCUT2D eigenvalue weighted by atomic mass is 16.6. The number of rotatable bonds is 2. The van der Waals surface area contributed by atoms with E-state index in [1.807, 2.05) is 0 Å². The van der Waals surface area contributed by atoms with Crippen LogP contribution in [-0.4, -0.2) is 36.5 Å². The fraction of sp³-hybridized carbons (Fsp3) is 0.375. The van der Waals surface area contributed by atoms with Crippen LogP contribution in [-0.2, 0) is 9.53 Å². The predicted octanol–water partition coefficient (Wildman–Crippen LogP) is 1.85. The molecule has 1 aliphatic carbocycles. The molecule has 0 bridgehead atoms. The van der Waals surface area contributed by atoms with Gasteiger partial charge in [-0.3, -0.25) is 9.59 Å². The van der Waals surface area contributed by atoms with E-state index in [1.54, 1.807) is 6.92 Å². The molecule has 0 radical (unpaired) electrons. The van der Waals surface area contributed by atoms with Crippen molar-refractivity contribution in [3.05, 3.63) is 29.5 Å². The molecule has 0 aromatic heterocycles. The number of fused-ring (bicyclic) bond motifs is 1. The van der Waals surface area contributed by atoms with Gasteiger partial charge in [-0.1, -0.05) is 6.92 Å². The lowest BCUT2D eigenvalue weighted by Crippen LogP contribution is -2.51. The number of methoxy groups -OCH3 is 2. The van der Waals surface area contributed by atoms with Gasteiger partial charge in [-0.05, 0) is 0 Å². The number of benzene rings is 1. The molecule has 0 saturated heterocycles. The van der Waals surface area contributed by atoms with Gasteiger partial charge < -0.3 is 19.3 Å². The molecule has 1 aliphatic heterocycles. The number of phenols is 1. The minimum atomic E-state index is -1.41. The van der Waals surface area contributed by atoms with Crippen LogP contribution in [0.2, 0.25) is 0 Å². The second kappa shape index (κ2) is 4.76. The number of phenolic OH excluding ortho intramolecular Hbond substituents is 1. The summed E-state index contributed by atoms with van der Waals surface area (Å²) in [5.74, 6) is -0.383. The van der Waals surface area contributed by atoms with Crippen LogP contribution in [0.3, 0.4) is 0 Å². The van der Waals surface area contributed by atoms with E-state index in [4.69, 9.17) is 14.2 Å². The molecular weight excluding hydrogens is 288 g/mol. The molecule has 6 nitrogen and oxygen atoms in total. The first kappa shape index (κ1) is 14.4. The largest absolute Gasteiger partial charge is 0.507 e. The topological polar surface area (TPSA) is 82.1 Å². The molecule has 0 fully saturated rings. The van der Waals surface area contributed by atoms with E-state index < -0.39 is 17.3 Å². The van der Waals surface area contributed by atoms with Crippen molar-refractivity contribution in [1.29, 1.82) is 0 Å². The molecule has 3 rings (SSSR count). The van der Waals surface area contributed by atoms with Crippen LogP contribution < -0.4 is 9.47 Å². The SMILES string of the molecule is COC1=CC(=O)C[C@H](C)[C@@]12Oc1cc(OC)cc(O)c1C2=O. The van der Waals surface area contributed by atoms with Crippen molar-refractivity contribution < 1.29 is 28.9 Å². The summed E-state index contributed by atoms with van der Waals surface area (Å²) >= 11 is 0. The highest BCUT2D eigenvalue weighted by molar-refractivity contribution is 6.13. The molecule has 1 aromatic carbocycles. The number of ether oxygens (including phenoxy) is 3. The Hall–Kier alpha value is -2.50. The Morgan fingerprint density at radius 2 is 2.00 bits per heavy atom. The molecule has 1 spiro atoms. The average molecular weight is 304 g/mol. The summed E-state index contributed by atoms with van der Waals surface area (Å²) in [6.45, 7) is 1.75. The molecule has 2 atom stereocenters. The van der Waals surface area contributed by atoms with Gasteiger partial charge in [0.2, 0.25) is 11.4 Å². The summed E-state index contributed by atoms with van der Waals surface area (Å²) in [6, 6.07) is 2.89.